The maximum atomic E-state index is 12.5. The minimum atomic E-state index is -0.0613. The third-order valence-corrected chi connectivity index (χ3v) is 7.73. The molecule has 6 nitrogen and oxygen atoms in total. The number of anilines is 1. The molecule has 2 saturated heterocycles. The first-order chi connectivity index (χ1) is 17.7. The van der Waals surface area contributed by atoms with Crippen LogP contribution in [0.4, 0.5) is 5.69 Å². The van der Waals surface area contributed by atoms with Crippen molar-refractivity contribution in [2.24, 2.45) is 0 Å². The predicted octanol–water partition coefficient (Wildman–Crippen LogP) is 4.32. The van der Waals surface area contributed by atoms with E-state index >= 15 is 0 Å². The Bertz CT molecular complexity index is 1090. The summed E-state index contributed by atoms with van der Waals surface area (Å²) in [5, 5.41) is 6.88. The van der Waals surface area contributed by atoms with Gasteiger partial charge in [0.1, 0.15) is 0 Å². The molecule has 0 spiro atoms. The minimum absolute atomic E-state index is 0.0613. The van der Waals surface area contributed by atoms with Crippen LogP contribution in [0, 0.1) is 0 Å². The van der Waals surface area contributed by atoms with Crippen LogP contribution >= 0.6 is 0 Å². The van der Waals surface area contributed by atoms with E-state index in [0.29, 0.717) is 18.2 Å². The second-order valence-electron chi connectivity index (χ2n) is 9.99. The fourth-order valence-corrected chi connectivity index (χ4v) is 5.41. The number of ether oxygens (including phenoxy) is 1. The minimum Gasteiger partial charge on any atom is -0.381 e. The number of nitrogens with zero attached hydrogens (tertiary/aromatic N) is 2. The highest BCUT2D eigenvalue weighted by atomic mass is 16.5. The summed E-state index contributed by atoms with van der Waals surface area (Å²) in [5.41, 5.74) is 4.46. The van der Waals surface area contributed by atoms with Gasteiger partial charge in [0.2, 0.25) is 0 Å². The molecule has 2 aromatic carbocycles. The van der Waals surface area contributed by atoms with Crippen LogP contribution in [0.5, 0.6) is 0 Å². The van der Waals surface area contributed by atoms with E-state index in [-0.39, 0.29) is 11.3 Å². The molecule has 0 saturated carbocycles. The number of carbonyl (C=O) groups excluding carboxylic acids is 1. The molecule has 2 fully saturated rings. The van der Waals surface area contributed by atoms with Crippen molar-refractivity contribution in [3.8, 4) is 0 Å². The molecule has 2 aliphatic heterocycles. The van der Waals surface area contributed by atoms with Gasteiger partial charge in [-0.15, -0.1) is 0 Å². The molecule has 5 rings (SSSR count). The Labute approximate surface area is 214 Å². The smallest absolute Gasteiger partial charge is 0.251 e. The quantitative estimate of drug-likeness (QED) is 0.499. The number of carbonyl (C=O) groups is 1. The molecular weight excluding hydrogens is 448 g/mol. The molecule has 2 aliphatic rings. The highest BCUT2D eigenvalue weighted by molar-refractivity contribution is 5.94. The van der Waals surface area contributed by atoms with Gasteiger partial charge in [0, 0.05) is 74.5 Å². The van der Waals surface area contributed by atoms with Gasteiger partial charge in [-0.2, -0.15) is 0 Å². The summed E-state index contributed by atoms with van der Waals surface area (Å²) in [6.07, 6.45) is 7.89. The van der Waals surface area contributed by atoms with Crippen molar-refractivity contribution in [3.63, 3.8) is 0 Å². The third-order valence-electron chi connectivity index (χ3n) is 7.73. The normalized spacial score (nSPS) is 18.1. The molecule has 0 unspecified atom stereocenters. The van der Waals surface area contributed by atoms with E-state index in [1.54, 1.807) is 12.4 Å². The van der Waals surface area contributed by atoms with E-state index < -0.39 is 0 Å². The van der Waals surface area contributed by atoms with Crippen molar-refractivity contribution in [2.45, 2.75) is 43.7 Å². The summed E-state index contributed by atoms with van der Waals surface area (Å²) < 4.78 is 5.70. The number of amides is 1. The van der Waals surface area contributed by atoms with Gasteiger partial charge in [-0.25, -0.2) is 0 Å². The zero-order chi connectivity index (χ0) is 24.6. The molecule has 6 heteroatoms. The van der Waals surface area contributed by atoms with Gasteiger partial charge in [0.05, 0.1) is 0 Å². The molecule has 188 valence electrons. The lowest BCUT2D eigenvalue weighted by molar-refractivity contribution is 0.0485. The van der Waals surface area contributed by atoms with Crippen molar-refractivity contribution in [1.29, 1.82) is 0 Å². The Hall–Kier alpha value is -3.22. The van der Waals surface area contributed by atoms with Crippen LogP contribution in [0.3, 0.4) is 0 Å². The molecule has 3 aromatic rings. The van der Waals surface area contributed by atoms with Crippen LogP contribution in [-0.2, 0) is 16.7 Å². The first-order valence-electron chi connectivity index (χ1n) is 13.1. The average molecular weight is 485 g/mol. The zero-order valence-electron chi connectivity index (χ0n) is 20.9. The first-order valence-corrected chi connectivity index (χ1v) is 13.1. The van der Waals surface area contributed by atoms with Crippen molar-refractivity contribution in [3.05, 3.63) is 95.8 Å². The van der Waals surface area contributed by atoms with Crippen molar-refractivity contribution in [2.75, 3.05) is 37.7 Å². The lowest BCUT2D eigenvalue weighted by atomic mass is 9.74. The monoisotopic (exact) mass is 484 g/mol. The highest BCUT2D eigenvalue weighted by Gasteiger charge is 2.35. The number of hydrogen-bond donors (Lipinski definition) is 2. The first kappa shape index (κ1) is 24.5. The highest BCUT2D eigenvalue weighted by Crippen LogP contribution is 2.34. The Balaban J connectivity index is 1.11. The molecule has 0 radical (unpaired) electrons. The maximum absolute atomic E-state index is 12.5. The predicted molar refractivity (Wildman–Crippen MR) is 143 cm³/mol. The summed E-state index contributed by atoms with van der Waals surface area (Å²) in [5.74, 6) is -0.0613. The molecular formula is C30H36N4O2. The summed E-state index contributed by atoms with van der Waals surface area (Å²) in [6.45, 7) is 5.21. The molecule has 0 bridgehead atoms. The second-order valence-corrected chi connectivity index (χ2v) is 9.99. The largest absolute Gasteiger partial charge is 0.381 e. The van der Waals surface area contributed by atoms with Crippen molar-refractivity contribution < 1.29 is 9.53 Å². The van der Waals surface area contributed by atoms with E-state index in [9.17, 15) is 4.79 Å². The van der Waals surface area contributed by atoms with E-state index in [0.717, 1.165) is 64.1 Å². The Morgan fingerprint density at radius 1 is 0.972 bits per heavy atom. The van der Waals surface area contributed by atoms with Crippen LogP contribution in [0.15, 0.2) is 79.1 Å². The molecule has 36 heavy (non-hydrogen) atoms. The van der Waals surface area contributed by atoms with Crippen LogP contribution in [0.2, 0.25) is 0 Å². The van der Waals surface area contributed by atoms with Crippen LogP contribution < -0.4 is 15.5 Å². The number of aromatic nitrogens is 1. The summed E-state index contributed by atoms with van der Waals surface area (Å²) in [4.78, 5) is 19.0. The molecule has 1 aromatic heterocycles. The van der Waals surface area contributed by atoms with Crippen molar-refractivity contribution >= 4 is 11.6 Å². The third kappa shape index (κ3) is 5.94. The Morgan fingerprint density at radius 3 is 2.42 bits per heavy atom. The fraction of sp³-hybridized carbons (Fsp3) is 0.400. The number of piperidine rings is 1. The topological polar surface area (TPSA) is 66.5 Å². The van der Waals surface area contributed by atoms with E-state index in [1.165, 1.54) is 11.3 Å². The zero-order valence-corrected chi connectivity index (χ0v) is 20.9. The standard InChI is InChI=1S/C30H36N4O2/c35-29(32-22-24-5-4-16-31-21-24)25-8-10-28(11-9-25)34-17-12-27(13-18-34)33-23-30(14-19-36-20-15-30)26-6-2-1-3-7-26/h1-11,16,21,27,33H,12-15,17-20,22-23H2,(H,32,35). The van der Waals surface area contributed by atoms with Crippen LogP contribution in [-0.4, -0.2) is 49.8 Å². The summed E-state index contributed by atoms with van der Waals surface area (Å²) in [7, 11) is 0. The number of pyridine rings is 1. The van der Waals surface area contributed by atoms with Gasteiger partial charge < -0.3 is 20.3 Å². The number of benzene rings is 2. The molecule has 3 heterocycles. The lowest BCUT2D eigenvalue weighted by Gasteiger charge is -2.41. The van der Waals surface area contributed by atoms with E-state index in [4.69, 9.17) is 4.74 Å². The van der Waals surface area contributed by atoms with E-state index in [2.05, 4.69) is 63.0 Å². The second kappa shape index (κ2) is 11.7. The summed E-state index contributed by atoms with van der Waals surface area (Å²) in [6, 6.07) is 23.3. The van der Waals surface area contributed by atoms with Crippen molar-refractivity contribution in [1.82, 2.24) is 15.6 Å². The van der Waals surface area contributed by atoms with Gasteiger partial charge in [-0.05, 0) is 67.1 Å². The molecule has 2 N–H and O–H groups in total. The van der Waals surface area contributed by atoms with Gasteiger partial charge in [-0.3, -0.25) is 9.78 Å². The molecule has 0 aliphatic carbocycles. The summed E-state index contributed by atoms with van der Waals surface area (Å²) >= 11 is 0. The number of hydrogen-bond acceptors (Lipinski definition) is 5. The average Bonchev–Trinajstić information content (AvgIpc) is 2.97. The molecule has 1 amide bonds. The SMILES string of the molecule is O=C(NCc1cccnc1)c1ccc(N2CCC(NCC3(c4ccccc4)CCOCC3)CC2)cc1. The number of nitrogens with one attached hydrogen (secondary N) is 2. The van der Waals surface area contributed by atoms with Gasteiger partial charge in [0.15, 0.2) is 0 Å². The van der Waals surface area contributed by atoms with Gasteiger partial charge >= 0.3 is 0 Å². The Morgan fingerprint density at radius 2 is 1.72 bits per heavy atom. The van der Waals surface area contributed by atoms with Gasteiger partial charge in [-0.1, -0.05) is 36.4 Å². The lowest BCUT2D eigenvalue weighted by Crippen LogP contribution is -2.49. The van der Waals surface area contributed by atoms with Crippen LogP contribution in [0.25, 0.3) is 0 Å². The van der Waals surface area contributed by atoms with E-state index in [1.807, 2.05) is 24.3 Å². The van der Waals surface area contributed by atoms with Crippen LogP contribution in [0.1, 0.15) is 47.2 Å². The Kier molecular flexibility index (Phi) is 7.94. The molecule has 0 atom stereocenters. The fourth-order valence-electron chi connectivity index (χ4n) is 5.41. The number of rotatable bonds is 8. The van der Waals surface area contributed by atoms with Gasteiger partial charge in [0.25, 0.3) is 5.91 Å². The maximum Gasteiger partial charge on any atom is 0.251 e.